The topological polar surface area (TPSA) is 12.0 Å². The van der Waals surface area contributed by atoms with Gasteiger partial charge in [0.2, 0.25) is 0 Å². The minimum absolute atomic E-state index is 0.533. The van der Waals surface area contributed by atoms with Gasteiger partial charge >= 0.3 is 0 Å². The molecule has 0 saturated carbocycles. The summed E-state index contributed by atoms with van der Waals surface area (Å²) in [5, 5.41) is 3.56. The molecule has 1 atom stereocenters. The fourth-order valence-corrected chi connectivity index (χ4v) is 2.22. The summed E-state index contributed by atoms with van der Waals surface area (Å²) in [6.45, 7) is 7.72. The predicted octanol–water partition coefficient (Wildman–Crippen LogP) is 4.48. The summed E-state index contributed by atoms with van der Waals surface area (Å²) in [6, 6.07) is 9.73. The van der Waals surface area contributed by atoms with Gasteiger partial charge < -0.3 is 5.32 Å². The number of unbranched alkanes of at least 4 members (excludes halogenated alkanes) is 1. The maximum atomic E-state index is 3.56. The largest absolute Gasteiger partial charge is 0.310 e. The van der Waals surface area contributed by atoms with Crippen LogP contribution in [0.25, 0.3) is 0 Å². The van der Waals surface area contributed by atoms with E-state index in [9.17, 15) is 0 Å². The van der Waals surface area contributed by atoms with Crippen LogP contribution < -0.4 is 5.32 Å². The van der Waals surface area contributed by atoms with Crippen LogP contribution in [0.3, 0.4) is 0 Å². The summed E-state index contributed by atoms with van der Waals surface area (Å²) in [6.07, 6.45) is 6.25. The smallest absolute Gasteiger partial charge is 0.0320 e. The first-order valence-electron chi connectivity index (χ1n) is 7.14. The van der Waals surface area contributed by atoms with E-state index in [2.05, 4.69) is 50.4 Å². The Morgan fingerprint density at radius 3 is 2.24 bits per heavy atom. The monoisotopic (exact) mass is 233 g/mol. The van der Waals surface area contributed by atoms with Crippen molar-refractivity contribution >= 4 is 0 Å². The van der Waals surface area contributed by atoms with Crippen LogP contribution in [0.4, 0.5) is 0 Å². The fourth-order valence-electron chi connectivity index (χ4n) is 2.22. The zero-order chi connectivity index (χ0) is 12.5. The summed E-state index contributed by atoms with van der Waals surface area (Å²) in [4.78, 5) is 0. The minimum Gasteiger partial charge on any atom is -0.310 e. The van der Waals surface area contributed by atoms with E-state index in [1.807, 2.05) is 0 Å². The van der Waals surface area contributed by atoms with Crippen molar-refractivity contribution in [3.05, 3.63) is 35.4 Å². The Morgan fingerprint density at radius 1 is 1.00 bits per heavy atom. The van der Waals surface area contributed by atoms with Gasteiger partial charge in [-0.2, -0.15) is 0 Å². The average Bonchev–Trinajstić information content (AvgIpc) is 2.37. The minimum atomic E-state index is 0.533. The summed E-state index contributed by atoms with van der Waals surface area (Å²) >= 11 is 0. The van der Waals surface area contributed by atoms with E-state index in [0.29, 0.717) is 6.04 Å². The predicted molar refractivity (Wildman–Crippen MR) is 76.4 cm³/mol. The van der Waals surface area contributed by atoms with Crippen molar-refractivity contribution in [2.75, 3.05) is 6.54 Å². The number of hydrogen-bond donors (Lipinski definition) is 1. The number of hydrogen-bond acceptors (Lipinski definition) is 1. The lowest BCUT2D eigenvalue weighted by Crippen LogP contribution is -2.20. The van der Waals surface area contributed by atoms with Gasteiger partial charge in [-0.3, -0.25) is 0 Å². The zero-order valence-electron chi connectivity index (χ0n) is 11.6. The first kappa shape index (κ1) is 14.2. The van der Waals surface area contributed by atoms with E-state index in [-0.39, 0.29) is 0 Å². The standard InChI is InChI=1S/C16H27N/c1-4-7-9-14-10-12-15(13-11-14)16(8-5-2)17-6-3/h10-13,16-17H,4-9H2,1-3H3. The molecule has 0 aliphatic rings. The van der Waals surface area contributed by atoms with E-state index in [1.165, 1.54) is 43.2 Å². The first-order chi connectivity index (χ1) is 8.31. The SMILES string of the molecule is CCCCc1ccc(C(CCC)NCC)cc1. The molecular formula is C16H27N. The van der Waals surface area contributed by atoms with E-state index in [0.717, 1.165) is 6.54 Å². The molecule has 0 fully saturated rings. The lowest BCUT2D eigenvalue weighted by molar-refractivity contribution is 0.509. The van der Waals surface area contributed by atoms with Gasteiger partial charge in [0, 0.05) is 6.04 Å². The van der Waals surface area contributed by atoms with Crippen molar-refractivity contribution in [2.24, 2.45) is 0 Å². The van der Waals surface area contributed by atoms with Crippen LogP contribution in [0.1, 0.15) is 63.6 Å². The van der Waals surface area contributed by atoms with Gasteiger partial charge in [0.15, 0.2) is 0 Å². The summed E-state index contributed by atoms with van der Waals surface area (Å²) in [5.74, 6) is 0. The molecule has 1 N–H and O–H groups in total. The molecule has 1 unspecified atom stereocenters. The third kappa shape index (κ3) is 4.91. The Kier molecular flexibility index (Phi) is 6.95. The van der Waals surface area contributed by atoms with Crippen molar-refractivity contribution in [1.29, 1.82) is 0 Å². The third-order valence-electron chi connectivity index (χ3n) is 3.23. The molecule has 1 rings (SSSR count). The van der Waals surface area contributed by atoms with Gasteiger partial charge in [-0.1, -0.05) is 57.9 Å². The molecule has 0 aliphatic carbocycles. The average molecular weight is 233 g/mol. The van der Waals surface area contributed by atoms with Gasteiger partial charge in [0.25, 0.3) is 0 Å². The molecule has 0 aliphatic heterocycles. The Morgan fingerprint density at radius 2 is 1.71 bits per heavy atom. The molecule has 0 spiro atoms. The fraction of sp³-hybridized carbons (Fsp3) is 0.625. The molecule has 0 saturated heterocycles. The molecule has 96 valence electrons. The van der Waals surface area contributed by atoms with Crippen molar-refractivity contribution in [1.82, 2.24) is 5.32 Å². The zero-order valence-corrected chi connectivity index (χ0v) is 11.6. The lowest BCUT2D eigenvalue weighted by Gasteiger charge is -2.17. The highest BCUT2D eigenvalue weighted by molar-refractivity contribution is 5.25. The molecular weight excluding hydrogens is 206 g/mol. The second-order valence-corrected chi connectivity index (χ2v) is 4.74. The molecule has 1 aromatic rings. The normalized spacial score (nSPS) is 12.6. The van der Waals surface area contributed by atoms with E-state index < -0.39 is 0 Å². The number of benzene rings is 1. The van der Waals surface area contributed by atoms with Crippen LogP contribution in [-0.4, -0.2) is 6.54 Å². The Balaban J connectivity index is 2.63. The molecule has 1 nitrogen and oxygen atoms in total. The van der Waals surface area contributed by atoms with Crippen LogP contribution in [0, 0.1) is 0 Å². The van der Waals surface area contributed by atoms with Crippen LogP contribution in [0.5, 0.6) is 0 Å². The van der Waals surface area contributed by atoms with Gasteiger partial charge in [-0.25, -0.2) is 0 Å². The molecule has 17 heavy (non-hydrogen) atoms. The molecule has 0 heterocycles. The lowest BCUT2D eigenvalue weighted by atomic mass is 9.99. The third-order valence-corrected chi connectivity index (χ3v) is 3.23. The quantitative estimate of drug-likeness (QED) is 0.698. The molecule has 1 heteroatoms. The van der Waals surface area contributed by atoms with Crippen LogP contribution >= 0.6 is 0 Å². The Labute approximate surface area is 107 Å². The molecule has 0 bridgehead atoms. The molecule has 1 aromatic carbocycles. The van der Waals surface area contributed by atoms with Gasteiger partial charge in [0.1, 0.15) is 0 Å². The van der Waals surface area contributed by atoms with Crippen molar-refractivity contribution in [2.45, 2.75) is 58.9 Å². The maximum Gasteiger partial charge on any atom is 0.0320 e. The highest BCUT2D eigenvalue weighted by Gasteiger charge is 2.08. The highest BCUT2D eigenvalue weighted by Crippen LogP contribution is 2.19. The van der Waals surface area contributed by atoms with E-state index in [1.54, 1.807) is 0 Å². The summed E-state index contributed by atoms with van der Waals surface area (Å²) < 4.78 is 0. The van der Waals surface area contributed by atoms with Crippen LogP contribution in [-0.2, 0) is 6.42 Å². The number of rotatable bonds is 8. The maximum absolute atomic E-state index is 3.56. The van der Waals surface area contributed by atoms with Gasteiger partial charge in [-0.05, 0) is 36.9 Å². The first-order valence-corrected chi connectivity index (χ1v) is 7.14. The van der Waals surface area contributed by atoms with Crippen molar-refractivity contribution < 1.29 is 0 Å². The van der Waals surface area contributed by atoms with Crippen molar-refractivity contribution in [3.63, 3.8) is 0 Å². The molecule has 0 radical (unpaired) electrons. The van der Waals surface area contributed by atoms with Crippen LogP contribution in [0.2, 0.25) is 0 Å². The number of aryl methyl sites for hydroxylation is 1. The van der Waals surface area contributed by atoms with E-state index >= 15 is 0 Å². The second kappa shape index (κ2) is 8.30. The summed E-state index contributed by atoms with van der Waals surface area (Å²) in [5.41, 5.74) is 2.91. The second-order valence-electron chi connectivity index (χ2n) is 4.74. The Hall–Kier alpha value is -0.820. The van der Waals surface area contributed by atoms with Gasteiger partial charge in [0.05, 0.1) is 0 Å². The highest BCUT2D eigenvalue weighted by atomic mass is 14.9. The summed E-state index contributed by atoms with van der Waals surface area (Å²) in [7, 11) is 0. The van der Waals surface area contributed by atoms with Gasteiger partial charge in [-0.15, -0.1) is 0 Å². The van der Waals surface area contributed by atoms with Crippen molar-refractivity contribution in [3.8, 4) is 0 Å². The van der Waals surface area contributed by atoms with Crippen LogP contribution in [0.15, 0.2) is 24.3 Å². The molecule has 0 amide bonds. The Bertz CT molecular complexity index is 283. The molecule has 0 aromatic heterocycles. The number of nitrogens with one attached hydrogen (secondary N) is 1. The van der Waals surface area contributed by atoms with E-state index in [4.69, 9.17) is 0 Å².